The SMILES string of the molecule is CCCCCC#C[C@@H]1OCCC[C@H]1OCc1ccccc1. The van der Waals surface area contributed by atoms with Crippen LogP contribution in [0.15, 0.2) is 30.3 Å². The van der Waals surface area contributed by atoms with Gasteiger partial charge in [-0.25, -0.2) is 0 Å². The van der Waals surface area contributed by atoms with Crippen molar-refractivity contribution in [2.24, 2.45) is 0 Å². The van der Waals surface area contributed by atoms with Gasteiger partial charge in [-0.05, 0) is 24.8 Å². The summed E-state index contributed by atoms with van der Waals surface area (Å²) >= 11 is 0. The third-order valence-electron chi connectivity index (χ3n) is 3.72. The van der Waals surface area contributed by atoms with Gasteiger partial charge in [-0.15, -0.1) is 5.92 Å². The highest BCUT2D eigenvalue weighted by atomic mass is 16.5. The predicted octanol–water partition coefficient (Wildman–Crippen LogP) is 4.33. The highest BCUT2D eigenvalue weighted by Crippen LogP contribution is 2.18. The van der Waals surface area contributed by atoms with E-state index in [1.54, 1.807) is 0 Å². The van der Waals surface area contributed by atoms with E-state index in [0.717, 1.165) is 25.9 Å². The van der Waals surface area contributed by atoms with E-state index in [1.165, 1.54) is 24.8 Å². The van der Waals surface area contributed by atoms with Crippen LogP contribution in [0, 0.1) is 11.8 Å². The van der Waals surface area contributed by atoms with Gasteiger partial charge < -0.3 is 9.47 Å². The van der Waals surface area contributed by atoms with Crippen LogP contribution >= 0.6 is 0 Å². The minimum absolute atomic E-state index is 0.0518. The summed E-state index contributed by atoms with van der Waals surface area (Å²) in [6, 6.07) is 10.3. The van der Waals surface area contributed by atoms with Crippen LogP contribution in [0.4, 0.5) is 0 Å². The molecule has 1 heterocycles. The maximum Gasteiger partial charge on any atom is 0.144 e. The van der Waals surface area contributed by atoms with Crippen molar-refractivity contribution in [3.8, 4) is 11.8 Å². The lowest BCUT2D eigenvalue weighted by Crippen LogP contribution is -2.35. The quantitative estimate of drug-likeness (QED) is 0.572. The lowest BCUT2D eigenvalue weighted by Gasteiger charge is -2.28. The Morgan fingerprint density at radius 3 is 2.90 bits per heavy atom. The van der Waals surface area contributed by atoms with Crippen molar-refractivity contribution in [1.82, 2.24) is 0 Å². The van der Waals surface area contributed by atoms with E-state index >= 15 is 0 Å². The van der Waals surface area contributed by atoms with E-state index < -0.39 is 0 Å². The van der Waals surface area contributed by atoms with Crippen LogP contribution in [0.1, 0.15) is 51.0 Å². The molecule has 2 atom stereocenters. The zero-order valence-corrected chi connectivity index (χ0v) is 13.0. The van der Waals surface area contributed by atoms with E-state index in [2.05, 4.69) is 30.9 Å². The summed E-state index contributed by atoms with van der Waals surface area (Å²) in [7, 11) is 0. The van der Waals surface area contributed by atoms with Crippen LogP contribution in [0.2, 0.25) is 0 Å². The lowest BCUT2D eigenvalue weighted by atomic mass is 10.1. The van der Waals surface area contributed by atoms with Gasteiger partial charge in [0, 0.05) is 13.0 Å². The van der Waals surface area contributed by atoms with Crippen LogP contribution in [-0.4, -0.2) is 18.8 Å². The topological polar surface area (TPSA) is 18.5 Å². The summed E-state index contributed by atoms with van der Waals surface area (Å²) in [5.74, 6) is 6.53. The van der Waals surface area contributed by atoms with Crippen LogP contribution in [0.3, 0.4) is 0 Å². The van der Waals surface area contributed by atoms with E-state index in [1.807, 2.05) is 18.2 Å². The van der Waals surface area contributed by atoms with Crippen LogP contribution in [0.25, 0.3) is 0 Å². The normalized spacial score (nSPS) is 21.6. The Kier molecular flexibility index (Phi) is 7.35. The number of unbranched alkanes of at least 4 members (excludes halogenated alkanes) is 3. The largest absolute Gasteiger partial charge is 0.370 e. The van der Waals surface area contributed by atoms with E-state index in [9.17, 15) is 0 Å². The molecule has 0 N–H and O–H groups in total. The molecule has 21 heavy (non-hydrogen) atoms. The second kappa shape index (κ2) is 9.60. The van der Waals surface area contributed by atoms with Crippen molar-refractivity contribution in [3.63, 3.8) is 0 Å². The summed E-state index contributed by atoms with van der Waals surface area (Å²) < 4.78 is 11.8. The standard InChI is InChI=1S/C19H26O2/c1-2-3-4-5-9-13-18-19(14-10-15-20-18)21-16-17-11-7-6-8-12-17/h6-8,11-12,18-19H,2-5,10,14-16H2,1H3/t18-,19+/m0/s1. The molecule has 1 aliphatic heterocycles. The summed E-state index contributed by atoms with van der Waals surface area (Å²) in [5.41, 5.74) is 1.21. The molecule has 1 aromatic carbocycles. The summed E-state index contributed by atoms with van der Waals surface area (Å²) in [4.78, 5) is 0. The van der Waals surface area contributed by atoms with E-state index in [-0.39, 0.29) is 12.2 Å². The molecule has 0 saturated carbocycles. The number of rotatable bonds is 6. The number of benzene rings is 1. The third-order valence-corrected chi connectivity index (χ3v) is 3.72. The third kappa shape index (κ3) is 5.91. The minimum Gasteiger partial charge on any atom is -0.370 e. The van der Waals surface area contributed by atoms with Gasteiger partial charge in [-0.2, -0.15) is 0 Å². The van der Waals surface area contributed by atoms with E-state index in [4.69, 9.17) is 9.47 Å². The molecule has 2 heteroatoms. The average molecular weight is 286 g/mol. The molecule has 2 nitrogen and oxygen atoms in total. The molecule has 1 fully saturated rings. The van der Waals surface area contributed by atoms with Gasteiger partial charge in [0.1, 0.15) is 6.10 Å². The molecule has 2 rings (SSSR count). The Hall–Kier alpha value is -1.30. The fourth-order valence-corrected chi connectivity index (χ4v) is 2.47. The molecule has 0 spiro atoms. The van der Waals surface area contributed by atoms with Gasteiger partial charge in [-0.1, -0.05) is 56.0 Å². The average Bonchev–Trinajstić information content (AvgIpc) is 2.55. The monoisotopic (exact) mass is 286 g/mol. The lowest BCUT2D eigenvalue weighted by molar-refractivity contribution is -0.0866. The fourth-order valence-electron chi connectivity index (χ4n) is 2.47. The second-order valence-corrected chi connectivity index (χ2v) is 5.55. The fraction of sp³-hybridized carbons (Fsp3) is 0.579. The maximum absolute atomic E-state index is 6.03. The maximum atomic E-state index is 6.03. The van der Waals surface area contributed by atoms with Gasteiger partial charge in [0.05, 0.1) is 12.7 Å². The molecule has 1 aromatic rings. The molecule has 114 valence electrons. The molecule has 0 radical (unpaired) electrons. The minimum atomic E-state index is -0.0518. The van der Waals surface area contributed by atoms with Gasteiger partial charge in [0.15, 0.2) is 0 Å². The molecule has 0 amide bonds. The first-order chi connectivity index (χ1) is 10.4. The van der Waals surface area contributed by atoms with Crippen molar-refractivity contribution < 1.29 is 9.47 Å². The highest BCUT2D eigenvalue weighted by Gasteiger charge is 2.24. The Morgan fingerprint density at radius 1 is 1.24 bits per heavy atom. The Morgan fingerprint density at radius 2 is 2.10 bits per heavy atom. The molecule has 1 saturated heterocycles. The Bertz CT molecular complexity index is 444. The number of hydrogen-bond acceptors (Lipinski definition) is 2. The van der Waals surface area contributed by atoms with Crippen LogP contribution in [-0.2, 0) is 16.1 Å². The highest BCUT2D eigenvalue weighted by molar-refractivity contribution is 5.14. The zero-order valence-electron chi connectivity index (χ0n) is 13.0. The Labute approximate surface area is 128 Å². The van der Waals surface area contributed by atoms with Gasteiger partial charge in [0.25, 0.3) is 0 Å². The summed E-state index contributed by atoms with van der Waals surface area (Å²) in [5, 5.41) is 0. The first-order valence-electron chi connectivity index (χ1n) is 8.15. The van der Waals surface area contributed by atoms with Gasteiger partial charge in [-0.3, -0.25) is 0 Å². The Balaban J connectivity index is 1.81. The molecule has 1 aliphatic rings. The summed E-state index contributed by atoms with van der Waals surface area (Å²) in [6.45, 7) is 3.66. The van der Waals surface area contributed by atoms with Gasteiger partial charge >= 0.3 is 0 Å². The second-order valence-electron chi connectivity index (χ2n) is 5.55. The van der Waals surface area contributed by atoms with Crippen LogP contribution < -0.4 is 0 Å². The van der Waals surface area contributed by atoms with Crippen LogP contribution in [0.5, 0.6) is 0 Å². The first kappa shape index (κ1) is 16.1. The van der Waals surface area contributed by atoms with Crippen molar-refractivity contribution in [2.45, 2.75) is 64.3 Å². The number of hydrogen-bond donors (Lipinski definition) is 0. The summed E-state index contributed by atoms with van der Waals surface area (Å²) in [6.07, 6.45) is 6.82. The molecule has 0 bridgehead atoms. The van der Waals surface area contributed by atoms with E-state index in [0.29, 0.717) is 6.61 Å². The smallest absolute Gasteiger partial charge is 0.144 e. The number of ether oxygens (including phenoxy) is 2. The van der Waals surface area contributed by atoms with Crippen molar-refractivity contribution >= 4 is 0 Å². The molecular formula is C19H26O2. The zero-order chi connectivity index (χ0) is 14.8. The van der Waals surface area contributed by atoms with Gasteiger partial charge in [0.2, 0.25) is 0 Å². The molecule has 0 unspecified atom stereocenters. The predicted molar refractivity (Wildman–Crippen MR) is 85.9 cm³/mol. The van der Waals surface area contributed by atoms with Crippen molar-refractivity contribution in [2.75, 3.05) is 6.61 Å². The van der Waals surface area contributed by atoms with Crippen molar-refractivity contribution in [1.29, 1.82) is 0 Å². The first-order valence-corrected chi connectivity index (χ1v) is 8.15. The molecular weight excluding hydrogens is 260 g/mol. The molecule has 0 aliphatic carbocycles. The van der Waals surface area contributed by atoms with Crippen molar-refractivity contribution in [3.05, 3.63) is 35.9 Å². The molecule has 0 aromatic heterocycles.